The summed E-state index contributed by atoms with van der Waals surface area (Å²) in [4.78, 5) is 10.7. The standard InChI is InChI=1S/C13H18N4O/c14-8-4-7-12(17-10-13(15)18)9-16-11-5-2-1-3-6-11/h1-7,9,16-17H,8,10,14H2,(H2,15,18)/b7-4-,12-9-. The molecule has 5 heteroatoms. The van der Waals surface area contributed by atoms with Gasteiger partial charge < -0.3 is 22.1 Å². The van der Waals surface area contributed by atoms with E-state index in [4.69, 9.17) is 11.5 Å². The van der Waals surface area contributed by atoms with Crippen LogP contribution < -0.4 is 22.1 Å². The van der Waals surface area contributed by atoms with Crippen LogP contribution in [0.4, 0.5) is 5.69 Å². The summed E-state index contributed by atoms with van der Waals surface area (Å²) in [6.07, 6.45) is 5.33. The largest absolute Gasteiger partial charge is 0.375 e. The first-order chi connectivity index (χ1) is 8.72. The highest BCUT2D eigenvalue weighted by Gasteiger charge is 1.95. The fourth-order valence-electron chi connectivity index (χ4n) is 1.24. The van der Waals surface area contributed by atoms with Gasteiger partial charge in [0.15, 0.2) is 0 Å². The van der Waals surface area contributed by atoms with Crippen molar-refractivity contribution in [3.8, 4) is 0 Å². The molecular weight excluding hydrogens is 228 g/mol. The van der Waals surface area contributed by atoms with Gasteiger partial charge in [0, 0.05) is 18.4 Å². The average molecular weight is 246 g/mol. The quantitative estimate of drug-likeness (QED) is 0.528. The zero-order valence-electron chi connectivity index (χ0n) is 10.1. The molecule has 0 bridgehead atoms. The van der Waals surface area contributed by atoms with Crippen molar-refractivity contribution in [3.05, 3.63) is 54.4 Å². The van der Waals surface area contributed by atoms with Crippen molar-refractivity contribution in [3.63, 3.8) is 0 Å². The van der Waals surface area contributed by atoms with Crippen LogP contribution in [-0.2, 0) is 4.79 Å². The smallest absolute Gasteiger partial charge is 0.236 e. The van der Waals surface area contributed by atoms with Crippen LogP contribution in [-0.4, -0.2) is 19.0 Å². The van der Waals surface area contributed by atoms with Gasteiger partial charge in [-0.3, -0.25) is 4.79 Å². The summed E-state index contributed by atoms with van der Waals surface area (Å²) in [6, 6.07) is 9.68. The van der Waals surface area contributed by atoms with E-state index in [1.54, 1.807) is 18.4 Å². The van der Waals surface area contributed by atoms with Crippen LogP contribution in [0.25, 0.3) is 0 Å². The first-order valence-electron chi connectivity index (χ1n) is 5.63. The molecule has 0 heterocycles. The van der Waals surface area contributed by atoms with Crippen LogP contribution in [0.5, 0.6) is 0 Å². The first kappa shape index (κ1) is 13.8. The van der Waals surface area contributed by atoms with Gasteiger partial charge >= 0.3 is 0 Å². The van der Waals surface area contributed by atoms with E-state index in [1.807, 2.05) is 30.3 Å². The van der Waals surface area contributed by atoms with Crippen LogP contribution in [0, 0.1) is 0 Å². The molecule has 0 spiro atoms. The molecule has 0 aliphatic carbocycles. The maximum Gasteiger partial charge on any atom is 0.236 e. The lowest BCUT2D eigenvalue weighted by Crippen LogP contribution is -2.28. The molecular formula is C13H18N4O. The minimum Gasteiger partial charge on any atom is -0.375 e. The maximum absolute atomic E-state index is 10.7. The molecule has 0 atom stereocenters. The number of rotatable bonds is 7. The van der Waals surface area contributed by atoms with E-state index in [-0.39, 0.29) is 6.54 Å². The Morgan fingerprint density at radius 3 is 2.61 bits per heavy atom. The van der Waals surface area contributed by atoms with Crippen molar-refractivity contribution in [2.75, 3.05) is 18.4 Å². The third-order valence-electron chi connectivity index (χ3n) is 2.07. The van der Waals surface area contributed by atoms with Gasteiger partial charge in [-0.25, -0.2) is 0 Å². The number of primary amides is 1. The van der Waals surface area contributed by atoms with E-state index in [0.717, 1.165) is 11.4 Å². The third kappa shape index (κ3) is 5.72. The molecule has 5 nitrogen and oxygen atoms in total. The third-order valence-corrected chi connectivity index (χ3v) is 2.07. The molecule has 1 amide bonds. The molecule has 0 radical (unpaired) electrons. The molecule has 0 aromatic heterocycles. The molecule has 0 saturated carbocycles. The molecule has 0 unspecified atom stereocenters. The van der Waals surface area contributed by atoms with Crippen molar-refractivity contribution in [1.29, 1.82) is 0 Å². The lowest BCUT2D eigenvalue weighted by Gasteiger charge is -2.06. The Morgan fingerprint density at radius 1 is 1.28 bits per heavy atom. The first-order valence-corrected chi connectivity index (χ1v) is 5.63. The number of anilines is 1. The summed E-state index contributed by atoms with van der Waals surface area (Å²) in [7, 11) is 0. The zero-order valence-corrected chi connectivity index (χ0v) is 10.1. The van der Waals surface area contributed by atoms with Crippen molar-refractivity contribution in [1.82, 2.24) is 5.32 Å². The highest BCUT2D eigenvalue weighted by molar-refractivity contribution is 5.76. The van der Waals surface area contributed by atoms with Crippen LogP contribution in [0.15, 0.2) is 54.4 Å². The van der Waals surface area contributed by atoms with Crippen molar-refractivity contribution in [2.24, 2.45) is 11.5 Å². The molecule has 0 fully saturated rings. The van der Waals surface area contributed by atoms with Crippen LogP contribution >= 0.6 is 0 Å². The highest BCUT2D eigenvalue weighted by atomic mass is 16.1. The second-order valence-electron chi connectivity index (χ2n) is 3.57. The number of hydrogen-bond acceptors (Lipinski definition) is 4. The van der Waals surface area contributed by atoms with Gasteiger partial charge in [0.05, 0.1) is 12.2 Å². The lowest BCUT2D eigenvalue weighted by atomic mass is 10.3. The SMILES string of the molecule is NC/C=C\C(=C\Nc1ccccc1)NCC(N)=O. The van der Waals surface area contributed by atoms with Crippen molar-refractivity contribution < 1.29 is 4.79 Å². The molecule has 96 valence electrons. The lowest BCUT2D eigenvalue weighted by molar-refractivity contribution is -0.117. The van der Waals surface area contributed by atoms with E-state index in [1.165, 1.54) is 0 Å². The molecule has 0 aliphatic heterocycles. The number of para-hydroxylation sites is 1. The monoisotopic (exact) mass is 246 g/mol. The van der Waals surface area contributed by atoms with Gasteiger partial charge in [-0.05, 0) is 18.2 Å². The Morgan fingerprint density at radius 2 is 2.00 bits per heavy atom. The zero-order chi connectivity index (χ0) is 13.2. The Hall–Kier alpha value is -2.27. The number of nitrogens with one attached hydrogen (secondary N) is 2. The summed E-state index contributed by atoms with van der Waals surface area (Å²) in [5, 5.41) is 6.01. The Bertz CT molecular complexity index is 426. The van der Waals surface area contributed by atoms with E-state index in [9.17, 15) is 4.79 Å². The Balaban J connectivity index is 2.63. The second-order valence-corrected chi connectivity index (χ2v) is 3.57. The van der Waals surface area contributed by atoms with Crippen molar-refractivity contribution in [2.45, 2.75) is 0 Å². The number of allylic oxidation sites excluding steroid dienone is 1. The van der Waals surface area contributed by atoms with Gasteiger partial charge in [-0.15, -0.1) is 0 Å². The predicted molar refractivity (Wildman–Crippen MR) is 73.5 cm³/mol. The summed E-state index contributed by atoms with van der Waals surface area (Å²) >= 11 is 0. The van der Waals surface area contributed by atoms with Crippen molar-refractivity contribution >= 4 is 11.6 Å². The van der Waals surface area contributed by atoms with Crippen LogP contribution in [0.1, 0.15) is 0 Å². The summed E-state index contributed by atoms with van der Waals surface area (Å²) in [6.45, 7) is 0.512. The van der Waals surface area contributed by atoms with Gasteiger partial charge in [0.1, 0.15) is 0 Å². The second kappa shape index (κ2) is 7.92. The number of nitrogens with two attached hydrogens (primary N) is 2. The summed E-state index contributed by atoms with van der Waals surface area (Å²) in [5.41, 5.74) is 12.2. The Kier molecular flexibility index (Phi) is 6.07. The number of carbonyl (C=O) groups is 1. The van der Waals surface area contributed by atoms with Crippen LogP contribution in [0.3, 0.4) is 0 Å². The fourth-order valence-corrected chi connectivity index (χ4v) is 1.24. The predicted octanol–water partition coefficient (Wildman–Crippen LogP) is 0.530. The van der Waals surface area contributed by atoms with E-state index >= 15 is 0 Å². The average Bonchev–Trinajstić information content (AvgIpc) is 2.39. The van der Waals surface area contributed by atoms with Gasteiger partial charge in [-0.2, -0.15) is 0 Å². The molecule has 1 aromatic carbocycles. The fraction of sp³-hybridized carbons (Fsp3) is 0.154. The van der Waals surface area contributed by atoms with E-state index < -0.39 is 5.91 Å². The molecule has 1 rings (SSSR count). The van der Waals surface area contributed by atoms with Gasteiger partial charge in [0.25, 0.3) is 0 Å². The minimum absolute atomic E-state index is 0.0806. The molecule has 1 aromatic rings. The molecule has 0 aliphatic rings. The van der Waals surface area contributed by atoms with Gasteiger partial charge in [0.2, 0.25) is 5.91 Å². The topological polar surface area (TPSA) is 93.2 Å². The highest BCUT2D eigenvalue weighted by Crippen LogP contribution is 2.05. The normalized spacial score (nSPS) is 11.5. The van der Waals surface area contributed by atoms with Gasteiger partial charge in [-0.1, -0.05) is 24.3 Å². The maximum atomic E-state index is 10.7. The number of carbonyl (C=O) groups excluding carboxylic acids is 1. The Labute approximate surface area is 107 Å². The minimum atomic E-state index is -0.415. The molecule has 6 N–H and O–H groups in total. The summed E-state index contributed by atoms with van der Waals surface area (Å²) in [5.74, 6) is -0.415. The molecule has 18 heavy (non-hydrogen) atoms. The number of benzene rings is 1. The summed E-state index contributed by atoms with van der Waals surface area (Å²) < 4.78 is 0. The van der Waals surface area contributed by atoms with E-state index in [2.05, 4.69) is 10.6 Å². The number of hydrogen-bond donors (Lipinski definition) is 4. The molecule has 0 saturated heterocycles. The van der Waals surface area contributed by atoms with E-state index in [0.29, 0.717) is 6.54 Å². The van der Waals surface area contributed by atoms with Crippen LogP contribution in [0.2, 0.25) is 0 Å². The number of amides is 1.